The molecule has 3 aliphatic rings. The number of nitrogens with one attached hydrogen (secondary N) is 1. The van der Waals surface area contributed by atoms with Gasteiger partial charge in [-0.05, 0) is 34.7 Å². The summed E-state index contributed by atoms with van der Waals surface area (Å²) in [5.41, 5.74) is 4.33. The number of hydrogen-bond donors (Lipinski definition) is 2. The van der Waals surface area contributed by atoms with E-state index in [9.17, 15) is 24.3 Å². The number of hydrogen-bond acceptors (Lipinski definition) is 18. The number of aliphatic hydroxyl groups is 1. The number of benzene rings is 5. The molecule has 15 atom stereocenters. The molecule has 0 bridgehead atoms. The molecule has 1 amide bonds. The Morgan fingerprint density at radius 3 is 1.32 bits per heavy atom. The standard InChI is InChI=1S/C61H71NO18/c1-38-51(70-32-44-23-13-7-14-24-44)56(57(59(67)74-38)80-60-50(62-39(2)63)54(76-42(5)66)53(75-41(4)65)49(77-60)37-69-40(3)64)79-61-58(73-35-47-29-19-10-20-30-47)55(72-34-46-27-17-9-18-28-46)52(71-33-45-25-15-8-16-26-45)48(78-61)36-68-31-43-21-11-6-12-22-43/h6-30,38,48-61,67H,31-37H2,1-5H3,(H,62,63)/t38?,48-,49?,50?,51-,52+,53+,54+,55?,56-,57?,58?,59+,60-,61+/m0/s1. The predicted molar refractivity (Wildman–Crippen MR) is 285 cm³/mol. The summed E-state index contributed by atoms with van der Waals surface area (Å²) < 4.78 is 84.9. The monoisotopic (exact) mass is 1110 g/mol. The Morgan fingerprint density at radius 1 is 0.438 bits per heavy atom. The first-order valence-electron chi connectivity index (χ1n) is 26.7. The highest BCUT2D eigenvalue weighted by Crippen LogP contribution is 2.38. The summed E-state index contributed by atoms with van der Waals surface area (Å²) in [6, 6.07) is 46.6. The van der Waals surface area contributed by atoms with Crippen molar-refractivity contribution in [2.24, 2.45) is 0 Å². The minimum atomic E-state index is -1.80. The van der Waals surface area contributed by atoms with E-state index < -0.39 is 122 Å². The van der Waals surface area contributed by atoms with Gasteiger partial charge in [-0.2, -0.15) is 0 Å². The second kappa shape index (κ2) is 29.8. The smallest absolute Gasteiger partial charge is 0.303 e. The number of amides is 1. The maximum Gasteiger partial charge on any atom is 0.303 e. The third-order valence-electron chi connectivity index (χ3n) is 13.5. The van der Waals surface area contributed by atoms with Gasteiger partial charge < -0.3 is 72.0 Å². The van der Waals surface area contributed by atoms with Gasteiger partial charge in [-0.3, -0.25) is 19.2 Å². The summed E-state index contributed by atoms with van der Waals surface area (Å²) in [4.78, 5) is 50.9. The van der Waals surface area contributed by atoms with E-state index in [1.807, 2.05) is 152 Å². The average molecular weight is 1110 g/mol. The van der Waals surface area contributed by atoms with Gasteiger partial charge in [-0.15, -0.1) is 0 Å². The molecule has 0 saturated carbocycles. The van der Waals surface area contributed by atoms with Crippen molar-refractivity contribution in [1.29, 1.82) is 0 Å². The molecular formula is C61H71NO18. The molecule has 5 aromatic carbocycles. The average Bonchev–Trinajstić information content (AvgIpc) is 3.46. The molecular weight excluding hydrogens is 1030 g/mol. The zero-order chi connectivity index (χ0) is 56.4. The number of rotatable bonds is 25. The molecule has 0 aromatic heterocycles. The number of esters is 3. The summed E-state index contributed by atoms with van der Waals surface area (Å²) in [5, 5.41) is 15.0. The normalized spacial score (nSPS) is 28.5. The second-order valence-electron chi connectivity index (χ2n) is 19.7. The first-order chi connectivity index (χ1) is 38.8. The lowest BCUT2D eigenvalue weighted by molar-refractivity contribution is -0.388. The highest BCUT2D eigenvalue weighted by molar-refractivity contribution is 5.73. The molecule has 19 heteroatoms. The van der Waals surface area contributed by atoms with E-state index in [1.165, 1.54) is 13.8 Å². The van der Waals surface area contributed by atoms with Crippen molar-refractivity contribution in [2.75, 3.05) is 13.2 Å². The minimum Gasteiger partial charge on any atom is -0.463 e. The van der Waals surface area contributed by atoms with Gasteiger partial charge >= 0.3 is 17.9 Å². The molecule has 3 fully saturated rings. The van der Waals surface area contributed by atoms with Gasteiger partial charge in [0.25, 0.3) is 0 Å². The van der Waals surface area contributed by atoms with E-state index in [0.717, 1.165) is 41.7 Å². The molecule has 2 N–H and O–H groups in total. The summed E-state index contributed by atoms with van der Waals surface area (Å²) in [6.07, 6.45) is -17.8. The van der Waals surface area contributed by atoms with E-state index in [2.05, 4.69) is 5.32 Å². The molecule has 0 radical (unpaired) electrons. The first kappa shape index (κ1) is 59.7. The first-order valence-corrected chi connectivity index (χ1v) is 26.7. The van der Waals surface area contributed by atoms with Crippen LogP contribution in [0.4, 0.5) is 0 Å². The maximum atomic E-state index is 13.1. The highest BCUT2D eigenvalue weighted by atomic mass is 16.8. The van der Waals surface area contributed by atoms with Crippen molar-refractivity contribution >= 4 is 23.8 Å². The lowest BCUT2D eigenvalue weighted by atomic mass is 9.94. The Hall–Kier alpha value is -6.46. The molecule has 8 rings (SSSR count). The Bertz CT molecular complexity index is 2670. The Morgan fingerprint density at radius 2 is 0.850 bits per heavy atom. The Labute approximate surface area is 465 Å². The molecule has 19 nitrogen and oxygen atoms in total. The zero-order valence-corrected chi connectivity index (χ0v) is 45.4. The van der Waals surface area contributed by atoms with Gasteiger partial charge in [-0.1, -0.05) is 152 Å². The van der Waals surface area contributed by atoms with Gasteiger partial charge in [0, 0.05) is 27.7 Å². The van der Waals surface area contributed by atoms with Gasteiger partial charge in [0.2, 0.25) is 5.91 Å². The Kier molecular flexibility index (Phi) is 22.3. The molecule has 80 heavy (non-hydrogen) atoms. The van der Waals surface area contributed by atoms with Gasteiger partial charge in [0.15, 0.2) is 31.1 Å². The maximum absolute atomic E-state index is 13.1. The fraction of sp³-hybridized carbons (Fsp3) is 0.443. The summed E-state index contributed by atoms with van der Waals surface area (Å²) >= 11 is 0. The number of carbonyl (C=O) groups is 4. The fourth-order valence-electron chi connectivity index (χ4n) is 9.86. The van der Waals surface area contributed by atoms with Crippen molar-refractivity contribution in [2.45, 2.75) is 160 Å². The summed E-state index contributed by atoms with van der Waals surface area (Å²) in [6.45, 7) is 6.51. The van der Waals surface area contributed by atoms with E-state index in [1.54, 1.807) is 6.92 Å². The van der Waals surface area contributed by atoms with Crippen LogP contribution in [0.2, 0.25) is 0 Å². The molecule has 0 aliphatic carbocycles. The lowest BCUT2D eigenvalue weighted by Crippen LogP contribution is -2.69. The van der Waals surface area contributed by atoms with Crippen LogP contribution in [0.15, 0.2) is 152 Å². The van der Waals surface area contributed by atoms with Crippen molar-refractivity contribution in [3.63, 3.8) is 0 Å². The van der Waals surface area contributed by atoms with Crippen LogP contribution in [0.5, 0.6) is 0 Å². The second-order valence-corrected chi connectivity index (χ2v) is 19.7. The molecule has 0 spiro atoms. The van der Waals surface area contributed by atoms with Crippen LogP contribution in [0.3, 0.4) is 0 Å². The molecule has 428 valence electrons. The van der Waals surface area contributed by atoms with Crippen molar-refractivity contribution in [3.8, 4) is 0 Å². The minimum absolute atomic E-state index is 0.00937. The Balaban J connectivity index is 1.23. The van der Waals surface area contributed by atoms with Crippen LogP contribution in [-0.2, 0) is 114 Å². The summed E-state index contributed by atoms with van der Waals surface area (Å²) in [5.74, 6) is -2.92. The van der Waals surface area contributed by atoms with Gasteiger partial charge in [0.1, 0.15) is 61.5 Å². The van der Waals surface area contributed by atoms with Crippen LogP contribution < -0.4 is 5.32 Å². The highest BCUT2D eigenvalue weighted by Gasteiger charge is 2.57. The van der Waals surface area contributed by atoms with Gasteiger partial charge in [0.05, 0.1) is 45.7 Å². The van der Waals surface area contributed by atoms with Crippen LogP contribution in [0.1, 0.15) is 62.4 Å². The number of ether oxygens (including phenoxy) is 13. The molecule has 3 aliphatic heterocycles. The van der Waals surface area contributed by atoms with Crippen LogP contribution >= 0.6 is 0 Å². The molecule has 3 heterocycles. The van der Waals surface area contributed by atoms with Crippen molar-refractivity contribution in [3.05, 3.63) is 179 Å². The van der Waals surface area contributed by atoms with Crippen molar-refractivity contribution < 1.29 is 85.9 Å². The van der Waals surface area contributed by atoms with E-state index >= 15 is 0 Å². The molecule has 3 saturated heterocycles. The summed E-state index contributed by atoms with van der Waals surface area (Å²) in [7, 11) is 0. The van der Waals surface area contributed by atoms with Crippen LogP contribution in [0.25, 0.3) is 0 Å². The van der Waals surface area contributed by atoms with E-state index in [0.29, 0.717) is 0 Å². The lowest BCUT2D eigenvalue weighted by Gasteiger charge is -2.51. The number of aliphatic hydroxyl groups excluding tert-OH is 1. The van der Waals surface area contributed by atoms with E-state index in [4.69, 9.17) is 61.6 Å². The fourth-order valence-corrected chi connectivity index (χ4v) is 9.86. The third-order valence-corrected chi connectivity index (χ3v) is 13.5. The third kappa shape index (κ3) is 17.0. The largest absolute Gasteiger partial charge is 0.463 e. The SMILES string of the molecule is CC(=O)NC1[C@H](OC2[C@H](O)OC(C)[C@H](OCc3ccccc3)[C@@H]2O[C@H]2O[C@@H](COCc3ccccc3)[C@@H](OCc3ccccc3)C(OCc3ccccc3)C2OCc2ccccc2)OC(COC(C)=O)[C@@H](OC(C)=O)[C@@H]1OC(C)=O. The van der Waals surface area contributed by atoms with E-state index in [-0.39, 0.29) is 39.6 Å². The topological polar surface area (TPSA) is 221 Å². The predicted octanol–water partition coefficient (Wildman–Crippen LogP) is 6.43. The molecule has 6 unspecified atom stereocenters. The quantitative estimate of drug-likeness (QED) is 0.0475. The molecule has 5 aromatic rings. The van der Waals surface area contributed by atoms with Crippen LogP contribution in [-0.4, -0.2) is 134 Å². The van der Waals surface area contributed by atoms with Crippen LogP contribution in [0, 0.1) is 0 Å². The number of carbonyl (C=O) groups excluding carboxylic acids is 4. The zero-order valence-electron chi connectivity index (χ0n) is 45.4. The van der Waals surface area contributed by atoms with Gasteiger partial charge in [-0.25, -0.2) is 0 Å². The van der Waals surface area contributed by atoms with Crippen molar-refractivity contribution in [1.82, 2.24) is 5.32 Å².